The molecular weight excluding hydrogens is 386 g/mol. The number of rotatable bonds is 9. The predicted molar refractivity (Wildman–Crippen MR) is 105 cm³/mol. The number of alkyl halides is 2. The Kier molecular flexibility index (Phi) is 8.25. The van der Waals surface area contributed by atoms with Gasteiger partial charge in [0.1, 0.15) is 5.75 Å². The fraction of sp³-hybridized carbons (Fsp3) is 0.300. The number of hydrogen-bond donors (Lipinski definition) is 1. The topological polar surface area (TPSA) is 58.6 Å². The monoisotopic (exact) mass is 408 g/mol. The first-order valence-corrected chi connectivity index (χ1v) is 9.59. The number of carbonyl (C=O) groups is 2. The quantitative estimate of drug-likeness (QED) is 0.646. The molecule has 0 heterocycles. The molecule has 0 fully saturated rings. The first-order valence-electron chi connectivity index (χ1n) is 8.60. The lowest BCUT2D eigenvalue weighted by atomic mass is 10.1. The molecule has 150 valence electrons. The summed E-state index contributed by atoms with van der Waals surface area (Å²) in [6.45, 7) is -2.46. The standard InChI is InChI=1S/C20H22F2N2O3S/c1-24(2)18(25)13-28-17-6-4-3-5-16(17)19(26)23-12-11-14-7-9-15(10-8-14)27-20(21)22/h3-10,20H,11-13H2,1-2H3,(H,23,26). The SMILES string of the molecule is CN(C)C(=O)CSc1ccccc1C(=O)NCCc1ccc(OC(F)F)cc1. The highest BCUT2D eigenvalue weighted by atomic mass is 32.2. The van der Waals surface area contributed by atoms with Gasteiger partial charge in [0, 0.05) is 25.5 Å². The van der Waals surface area contributed by atoms with E-state index in [0.717, 1.165) is 10.5 Å². The second-order valence-corrected chi connectivity index (χ2v) is 7.12. The molecule has 2 aromatic rings. The largest absolute Gasteiger partial charge is 0.435 e. The average molecular weight is 408 g/mol. The molecule has 2 aromatic carbocycles. The number of thioether (sulfide) groups is 1. The lowest BCUT2D eigenvalue weighted by molar-refractivity contribution is -0.125. The van der Waals surface area contributed by atoms with Crippen molar-refractivity contribution in [2.75, 3.05) is 26.4 Å². The van der Waals surface area contributed by atoms with Crippen LogP contribution in [0.4, 0.5) is 8.78 Å². The van der Waals surface area contributed by atoms with Gasteiger partial charge in [-0.05, 0) is 36.2 Å². The fourth-order valence-electron chi connectivity index (χ4n) is 2.30. The number of ether oxygens (including phenoxy) is 1. The molecule has 0 aromatic heterocycles. The Morgan fingerprint density at radius 2 is 1.79 bits per heavy atom. The highest BCUT2D eigenvalue weighted by Crippen LogP contribution is 2.23. The summed E-state index contributed by atoms with van der Waals surface area (Å²) < 4.78 is 28.6. The van der Waals surface area contributed by atoms with Crippen molar-refractivity contribution in [3.8, 4) is 5.75 Å². The van der Waals surface area contributed by atoms with Crippen molar-refractivity contribution in [2.45, 2.75) is 17.9 Å². The lowest BCUT2D eigenvalue weighted by Gasteiger charge is -2.12. The predicted octanol–water partition coefficient (Wildman–Crippen LogP) is 3.44. The molecule has 0 radical (unpaired) electrons. The van der Waals surface area contributed by atoms with Gasteiger partial charge in [-0.15, -0.1) is 11.8 Å². The van der Waals surface area contributed by atoms with Gasteiger partial charge < -0.3 is 15.0 Å². The van der Waals surface area contributed by atoms with Crippen LogP contribution >= 0.6 is 11.8 Å². The third kappa shape index (κ3) is 6.84. The minimum atomic E-state index is -2.85. The maximum absolute atomic E-state index is 12.5. The number of nitrogens with one attached hydrogen (secondary N) is 1. The van der Waals surface area contributed by atoms with Crippen molar-refractivity contribution >= 4 is 23.6 Å². The summed E-state index contributed by atoms with van der Waals surface area (Å²) in [6, 6.07) is 13.4. The number of benzene rings is 2. The van der Waals surface area contributed by atoms with E-state index in [0.29, 0.717) is 18.5 Å². The fourth-order valence-corrected chi connectivity index (χ4v) is 3.33. The van der Waals surface area contributed by atoms with Gasteiger partial charge >= 0.3 is 6.61 Å². The van der Waals surface area contributed by atoms with E-state index in [9.17, 15) is 18.4 Å². The molecule has 0 aliphatic rings. The molecule has 0 atom stereocenters. The van der Waals surface area contributed by atoms with Crippen LogP contribution in [0, 0.1) is 0 Å². The molecule has 0 saturated carbocycles. The van der Waals surface area contributed by atoms with Crippen LogP contribution in [0.2, 0.25) is 0 Å². The van der Waals surface area contributed by atoms with Crippen molar-refractivity contribution in [3.63, 3.8) is 0 Å². The molecule has 2 rings (SSSR count). The summed E-state index contributed by atoms with van der Waals surface area (Å²) in [7, 11) is 3.38. The molecule has 0 aliphatic carbocycles. The van der Waals surface area contributed by atoms with Crippen LogP contribution < -0.4 is 10.1 Å². The zero-order valence-electron chi connectivity index (χ0n) is 15.7. The molecule has 1 N–H and O–H groups in total. The Hall–Kier alpha value is -2.61. The Bertz CT molecular complexity index is 798. The van der Waals surface area contributed by atoms with Crippen LogP contribution in [-0.4, -0.2) is 49.7 Å². The maximum Gasteiger partial charge on any atom is 0.387 e. The van der Waals surface area contributed by atoms with Gasteiger partial charge in [0.25, 0.3) is 5.91 Å². The second kappa shape index (κ2) is 10.7. The zero-order chi connectivity index (χ0) is 20.5. The first kappa shape index (κ1) is 21.7. The van der Waals surface area contributed by atoms with Crippen molar-refractivity contribution in [3.05, 3.63) is 59.7 Å². The van der Waals surface area contributed by atoms with Crippen molar-refractivity contribution < 1.29 is 23.1 Å². The van der Waals surface area contributed by atoms with Gasteiger partial charge in [0.05, 0.1) is 11.3 Å². The normalized spacial score (nSPS) is 10.6. The summed E-state index contributed by atoms with van der Waals surface area (Å²) in [4.78, 5) is 26.5. The van der Waals surface area contributed by atoms with Crippen molar-refractivity contribution in [2.24, 2.45) is 0 Å². The maximum atomic E-state index is 12.5. The van der Waals surface area contributed by atoms with Gasteiger partial charge in [-0.3, -0.25) is 9.59 Å². The third-order valence-corrected chi connectivity index (χ3v) is 4.89. The number of nitrogens with zero attached hydrogens (tertiary/aromatic N) is 1. The van der Waals surface area contributed by atoms with E-state index in [2.05, 4.69) is 10.1 Å². The van der Waals surface area contributed by atoms with E-state index in [-0.39, 0.29) is 23.3 Å². The molecule has 5 nitrogen and oxygen atoms in total. The van der Waals surface area contributed by atoms with Gasteiger partial charge in [-0.1, -0.05) is 24.3 Å². The average Bonchev–Trinajstić information content (AvgIpc) is 2.67. The minimum Gasteiger partial charge on any atom is -0.435 e. The number of halogens is 2. The van der Waals surface area contributed by atoms with E-state index in [4.69, 9.17) is 0 Å². The summed E-state index contributed by atoms with van der Waals surface area (Å²) in [5.74, 6) is 0.100. The Balaban J connectivity index is 1.88. The summed E-state index contributed by atoms with van der Waals surface area (Å²) in [6.07, 6.45) is 0.551. The van der Waals surface area contributed by atoms with Gasteiger partial charge in [-0.2, -0.15) is 8.78 Å². The third-order valence-electron chi connectivity index (χ3n) is 3.83. The van der Waals surface area contributed by atoms with Crippen molar-refractivity contribution in [1.29, 1.82) is 0 Å². The Labute approximate surface area is 167 Å². The van der Waals surface area contributed by atoms with E-state index < -0.39 is 6.61 Å². The van der Waals surface area contributed by atoms with Crippen LogP contribution in [0.5, 0.6) is 5.75 Å². The van der Waals surface area contributed by atoms with Gasteiger partial charge in [-0.25, -0.2) is 0 Å². The Morgan fingerprint density at radius 1 is 1.11 bits per heavy atom. The van der Waals surface area contributed by atoms with E-state index in [1.165, 1.54) is 28.8 Å². The van der Waals surface area contributed by atoms with E-state index >= 15 is 0 Å². The molecule has 28 heavy (non-hydrogen) atoms. The van der Waals surface area contributed by atoms with Crippen LogP contribution in [0.25, 0.3) is 0 Å². The Morgan fingerprint density at radius 3 is 2.43 bits per heavy atom. The van der Waals surface area contributed by atoms with E-state index in [1.807, 2.05) is 12.1 Å². The summed E-state index contributed by atoms with van der Waals surface area (Å²) in [5, 5.41) is 2.85. The molecular formula is C20H22F2N2O3S. The van der Waals surface area contributed by atoms with Gasteiger partial charge in [0.2, 0.25) is 5.91 Å². The molecule has 0 unspecified atom stereocenters. The smallest absolute Gasteiger partial charge is 0.387 e. The van der Waals surface area contributed by atoms with Gasteiger partial charge in [0.15, 0.2) is 0 Å². The second-order valence-electron chi connectivity index (χ2n) is 6.10. The highest BCUT2D eigenvalue weighted by molar-refractivity contribution is 8.00. The first-order chi connectivity index (χ1) is 13.4. The number of amides is 2. The summed E-state index contributed by atoms with van der Waals surface area (Å²) in [5.41, 5.74) is 1.40. The molecule has 2 amide bonds. The zero-order valence-corrected chi connectivity index (χ0v) is 16.5. The summed E-state index contributed by atoms with van der Waals surface area (Å²) >= 11 is 1.32. The number of carbonyl (C=O) groups excluding carboxylic acids is 2. The minimum absolute atomic E-state index is 0.0283. The molecule has 0 saturated heterocycles. The molecule has 0 bridgehead atoms. The van der Waals surface area contributed by atoms with E-state index in [1.54, 1.807) is 38.4 Å². The molecule has 0 aliphatic heterocycles. The van der Waals surface area contributed by atoms with Crippen LogP contribution in [-0.2, 0) is 11.2 Å². The van der Waals surface area contributed by atoms with Crippen LogP contribution in [0.3, 0.4) is 0 Å². The molecule has 8 heteroatoms. The number of hydrogen-bond acceptors (Lipinski definition) is 4. The van der Waals surface area contributed by atoms with Crippen LogP contribution in [0.1, 0.15) is 15.9 Å². The lowest BCUT2D eigenvalue weighted by Crippen LogP contribution is -2.26. The van der Waals surface area contributed by atoms with Crippen LogP contribution in [0.15, 0.2) is 53.4 Å². The highest BCUT2D eigenvalue weighted by Gasteiger charge is 2.13. The van der Waals surface area contributed by atoms with Crippen molar-refractivity contribution in [1.82, 2.24) is 10.2 Å². The molecule has 0 spiro atoms.